The highest BCUT2D eigenvalue weighted by molar-refractivity contribution is 6.05. The first-order chi connectivity index (χ1) is 21.4. The summed E-state index contributed by atoms with van der Waals surface area (Å²) in [6.07, 6.45) is 5.18. The number of amides is 2. The van der Waals surface area contributed by atoms with Crippen LogP contribution in [0.15, 0.2) is 97.7 Å². The quantitative estimate of drug-likeness (QED) is 0.225. The van der Waals surface area contributed by atoms with Crippen molar-refractivity contribution in [3.63, 3.8) is 0 Å². The molecule has 0 bridgehead atoms. The summed E-state index contributed by atoms with van der Waals surface area (Å²) >= 11 is 0. The van der Waals surface area contributed by atoms with Crippen molar-refractivity contribution in [1.29, 1.82) is 0 Å². The van der Waals surface area contributed by atoms with Gasteiger partial charge in [-0.3, -0.25) is 9.48 Å². The predicted molar refractivity (Wildman–Crippen MR) is 162 cm³/mol. The lowest BCUT2D eigenvalue weighted by Crippen LogP contribution is -2.42. The number of fused-ring (bicyclic) bond motifs is 3. The number of carboxylic acid groups (broad SMARTS) is 1. The SMILES string of the molecule is Cn1cc(-c2ccc(C[C@H](NC(=O)OCC3c4ccccc4-c4ccccc43)C(=O)O)cc2)c(NC(=O)c2cncnc2)n1. The number of carboxylic acids is 1. The monoisotopic (exact) mass is 588 g/mol. The van der Waals surface area contributed by atoms with Crippen LogP contribution in [0.4, 0.5) is 10.6 Å². The zero-order chi connectivity index (χ0) is 30.6. The Bertz CT molecular complexity index is 1790. The zero-order valence-corrected chi connectivity index (χ0v) is 23.7. The first-order valence-electron chi connectivity index (χ1n) is 13.9. The highest BCUT2D eigenvalue weighted by Crippen LogP contribution is 2.44. The van der Waals surface area contributed by atoms with Gasteiger partial charge in [0.1, 0.15) is 19.0 Å². The van der Waals surface area contributed by atoms with E-state index in [1.165, 1.54) is 18.7 Å². The number of ether oxygens (including phenoxy) is 1. The van der Waals surface area contributed by atoms with Crippen molar-refractivity contribution in [3.05, 3.63) is 120 Å². The number of aryl methyl sites for hydroxylation is 1. The number of anilines is 1. The van der Waals surface area contributed by atoms with Crippen molar-refractivity contribution in [3.8, 4) is 22.3 Å². The number of nitrogens with zero attached hydrogens (tertiary/aromatic N) is 4. The molecule has 3 N–H and O–H groups in total. The molecular formula is C33H28N6O5. The third-order valence-corrected chi connectivity index (χ3v) is 7.52. The molecule has 0 unspecified atom stereocenters. The van der Waals surface area contributed by atoms with Crippen molar-refractivity contribution >= 4 is 23.8 Å². The summed E-state index contributed by atoms with van der Waals surface area (Å²) in [5.74, 6) is -1.35. The Kier molecular flexibility index (Phi) is 7.83. The molecule has 6 rings (SSSR count). The Morgan fingerprint density at radius 3 is 2.18 bits per heavy atom. The minimum Gasteiger partial charge on any atom is -0.480 e. The normalized spacial score (nSPS) is 12.6. The van der Waals surface area contributed by atoms with Crippen LogP contribution in [0.5, 0.6) is 0 Å². The van der Waals surface area contributed by atoms with Crippen LogP contribution in [0.25, 0.3) is 22.3 Å². The molecule has 0 saturated heterocycles. The van der Waals surface area contributed by atoms with E-state index in [1.807, 2.05) is 48.5 Å². The molecule has 2 heterocycles. The van der Waals surface area contributed by atoms with Gasteiger partial charge in [-0.1, -0.05) is 72.8 Å². The topological polar surface area (TPSA) is 148 Å². The van der Waals surface area contributed by atoms with E-state index in [9.17, 15) is 19.5 Å². The van der Waals surface area contributed by atoms with Crippen LogP contribution in [0.2, 0.25) is 0 Å². The molecule has 0 spiro atoms. The molecule has 1 atom stereocenters. The van der Waals surface area contributed by atoms with Gasteiger partial charge in [0.2, 0.25) is 0 Å². The van der Waals surface area contributed by atoms with Crippen LogP contribution in [0, 0.1) is 0 Å². The zero-order valence-electron chi connectivity index (χ0n) is 23.7. The van der Waals surface area contributed by atoms with E-state index in [-0.39, 0.29) is 18.9 Å². The molecule has 0 aliphatic heterocycles. The fraction of sp³-hybridized carbons (Fsp3) is 0.152. The number of carbonyl (C=O) groups excluding carboxylic acids is 2. The first-order valence-corrected chi connectivity index (χ1v) is 13.9. The maximum Gasteiger partial charge on any atom is 0.407 e. The molecule has 1 aliphatic carbocycles. The molecule has 0 radical (unpaired) electrons. The second kappa shape index (κ2) is 12.2. The highest BCUT2D eigenvalue weighted by Gasteiger charge is 2.30. The molecule has 220 valence electrons. The number of benzene rings is 3. The van der Waals surface area contributed by atoms with E-state index in [4.69, 9.17) is 4.74 Å². The second-order valence-electron chi connectivity index (χ2n) is 10.4. The summed E-state index contributed by atoms with van der Waals surface area (Å²) < 4.78 is 7.13. The summed E-state index contributed by atoms with van der Waals surface area (Å²) in [4.78, 5) is 45.2. The van der Waals surface area contributed by atoms with Crippen LogP contribution in [0.1, 0.15) is 33.0 Å². The Morgan fingerprint density at radius 2 is 1.55 bits per heavy atom. The van der Waals surface area contributed by atoms with Crippen LogP contribution < -0.4 is 10.6 Å². The Balaban J connectivity index is 1.10. The van der Waals surface area contributed by atoms with Gasteiger partial charge in [-0.15, -0.1) is 0 Å². The van der Waals surface area contributed by atoms with Crippen molar-refractivity contribution in [2.24, 2.45) is 7.05 Å². The fourth-order valence-corrected chi connectivity index (χ4v) is 5.43. The molecule has 0 saturated carbocycles. The van der Waals surface area contributed by atoms with Gasteiger partial charge in [-0.2, -0.15) is 5.10 Å². The smallest absolute Gasteiger partial charge is 0.407 e. The van der Waals surface area contributed by atoms with Crippen LogP contribution in [-0.4, -0.2) is 55.5 Å². The number of hydrogen-bond acceptors (Lipinski definition) is 7. The van der Waals surface area contributed by atoms with E-state index in [2.05, 4.69) is 25.7 Å². The van der Waals surface area contributed by atoms with Crippen molar-refractivity contribution in [2.45, 2.75) is 18.4 Å². The number of aromatic nitrogens is 4. The molecule has 5 aromatic rings. The van der Waals surface area contributed by atoms with Crippen LogP contribution in [0.3, 0.4) is 0 Å². The average Bonchev–Trinajstić information content (AvgIpc) is 3.57. The van der Waals surface area contributed by atoms with Crippen molar-refractivity contribution in [2.75, 3.05) is 11.9 Å². The van der Waals surface area contributed by atoms with Gasteiger partial charge < -0.3 is 20.5 Å². The highest BCUT2D eigenvalue weighted by atomic mass is 16.5. The minimum atomic E-state index is -1.20. The lowest BCUT2D eigenvalue weighted by Gasteiger charge is -2.17. The molecule has 11 nitrogen and oxygen atoms in total. The number of aliphatic carboxylic acids is 1. The number of rotatable bonds is 9. The molecule has 3 aromatic carbocycles. The third-order valence-electron chi connectivity index (χ3n) is 7.52. The van der Waals surface area contributed by atoms with Gasteiger partial charge >= 0.3 is 12.1 Å². The van der Waals surface area contributed by atoms with Gasteiger partial charge in [0.25, 0.3) is 5.91 Å². The van der Waals surface area contributed by atoms with Crippen molar-refractivity contribution in [1.82, 2.24) is 25.1 Å². The predicted octanol–water partition coefficient (Wildman–Crippen LogP) is 4.66. The van der Waals surface area contributed by atoms with Gasteiger partial charge in [-0.05, 0) is 33.4 Å². The summed E-state index contributed by atoms with van der Waals surface area (Å²) in [5.41, 5.74) is 6.78. The number of hydrogen-bond donors (Lipinski definition) is 3. The van der Waals surface area contributed by atoms with E-state index < -0.39 is 24.0 Å². The Labute approximate surface area is 252 Å². The summed E-state index contributed by atoms with van der Waals surface area (Å²) in [5, 5.41) is 19.5. The number of nitrogens with one attached hydrogen (secondary N) is 2. The van der Waals surface area contributed by atoms with E-state index in [0.717, 1.165) is 27.8 Å². The Hall–Kier alpha value is -5.84. The van der Waals surface area contributed by atoms with Crippen LogP contribution >= 0.6 is 0 Å². The third kappa shape index (κ3) is 5.88. The van der Waals surface area contributed by atoms with Gasteiger partial charge in [0, 0.05) is 43.5 Å². The Morgan fingerprint density at radius 1 is 0.909 bits per heavy atom. The molecule has 2 amide bonds. The summed E-state index contributed by atoms with van der Waals surface area (Å²) in [6, 6.07) is 22.0. The minimum absolute atomic E-state index is 0.0461. The van der Waals surface area contributed by atoms with Gasteiger partial charge in [0.05, 0.1) is 5.56 Å². The molecule has 44 heavy (non-hydrogen) atoms. The lowest BCUT2D eigenvalue weighted by molar-refractivity contribution is -0.139. The summed E-state index contributed by atoms with van der Waals surface area (Å²) in [6.45, 7) is 0.0855. The number of carbonyl (C=O) groups is 3. The maximum atomic E-state index is 12.8. The molecule has 0 fully saturated rings. The lowest BCUT2D eigenvalue weighted by atomic mass is 9.98. The molecule has 2 aromatic heterocycles. The van der Waals surface area contributed by atoms with E-state index in [0.29, 0.717) is 22.5 Å². The average molecular weight is 589 g/mol. The standard InChI is InChI=1S/C33H28N6O5/c1-39-17-27(30(38-39)37-31(40)22-15-34-19-35-16-22)21-12-10-20(11-13-21)14-29(32(41)42)36-33(43)44-18-28-25-8-4-2-6-23(25)24-7-3-5-9-26(24)28/h2-13,15-17,19,28-29H,14,18H2,1H3,(H,36,43)(H,41,42)(H,37,38,40)/t29-/m0/s1. The number of alkyl carbamates (subject to hydrolysis) is 1. The van der Waals surface area contributed by atoms with Crippen molar-refractivity contribution < 1.29 is 24.2 Å². The summed E-state index contributed by atoms with van der Waals surface area (Å²) in [7, 11) is 1.74. The van der Waals surface area contributed by atoms with E-state index in [1.54, 1.807) is 42.2 Å². The van der Waals surface area contributed by atoms with E-state index >= 15 is 0 Å². The first kappa shape index (κ1) is 28.3. The second-order valence-corrected chi connectivity index (χ2v) is 10.4. The molecule has 11 heteroatoms. The van der Waals surface area contributed by atoms with Crippen LogP contribution in [-0.2, 0) is 23.0 Å². The molecular weight excluding hydrogens is 560 g/mol. The largest absolute Gasteiger partial charge is 0.480 e. The van der Waals surface area contributed by atoms with Gasteiger partial charge in [0.15, 0.2) is 5.82 Å². The maximum absolute atomic E-state index is 12.8. The van der Waals surface area contributed by atoms with Gasteiger partial charge in [-0.25, -0.2) is 19.6 Å². The molecule has 1 aliphatic rings. The fourth-order valence-electron chi connectivity index (χ4n) is 5.43.